The zero-order valence-electron chi connectivity index (χ0n) is 9.09. The largest absolute Gasteiger partial charge is 0.465 e. The number of carbonyl (C=O) groups excluding carboxylic acids is 1. The molecule has 0 N–H and O–H groups in total. The van der Waals surface area contributed by atoms with E-state index in [2.05, 4.69) is 4.74 Å². The fourth-order valence-electron chi connectivity index (χ4n) is 1.82. The molecule has 0 aromatic heterocycles. The molecule has 17 heavy (non-hydrogen) atoms. The summed E-state index contributed by atoms with van der Waals surface area (Å²) in [5.74, 6) is -0.460. The van der Waals surface area contributed by atoms with E-state index in [1.807, 2.05) is 0 Å². The third kappa shape index (κ3) is 2.61. The minimum atomic E-state index is -3.48. The molecule has 1 aliphatic carbocycles. The second-order valence-corrected chi connectivity index (χ2v) is 6.82. The van der Waals surface area contributed by atoms with Crippen molar-refractivity contribution >= 4 is 25.7 Å². The molecule has 0 radical (unpaired) electrons. The van der Waals surface area contributed by atoms with E-state index in [0.717, 1.165) is 5.56 Å². The van der Waals surface area contributed by atoms with Crippen molar-refractivity contribution in [3.8, 4) is 0 Å². The highest BCUT2D eigenvalue weighted by molar-refractivity contribution is 8.14. The lowest BCUT2D eigenvalue weighted by Crippen LogP contribution is -2.02. The molecule has 2 rings (SSSR count). The van der Waals surface area contributed by atoms with Gasteiger partial charge in [-0.2, -0.15) is 0 Å². The molecule has 1 aromatic rings. The number of rotatable bonds is 3. The van der Waals surface area contributed by atoms with Crippen LogP contribution in [-0.4, -0.2) is 26.7 Å². The van der Waals surface area contributed by atoms with Gasteiger partial charge in [0.15, 0.2) is 0 Å². The Labute approximate surface area is 104 Å². The van der Waals surface area contributed by atoms with E-state index in [-0.39, 0.29) is 5.92 Å². The van der Waals surface area contributed by atoms with E-state index < -0.39 is 20.3 Å². The van der Waals surface area contributed by atoms with Crippen molar-refractivity contribution < 1.29 is 17.9 Å². The van der Waals surface area contributed by atoms with Crippen LogP contribution in [-0.2, 0) is 13.8 Å². The Kier molecular flexibility index (Phi) is 3.14. The van der Waals surface area contributed by atoms with Gasteiger partial charge < -0.3 is 4.74 Å². The SMILES string of the molecule is COC(=O)c1ccc(C2CC2S(=O)(=O)Cl)cc1. The fourth-order valence-corrected chi connectivity index (χ4v) is 3.40. The van der Waals surface area contributed by atoms with Gasteiger partial charge in [0, 0.05) is 16.6 Å². The molecule has 1 aromatic carbocycles. The average molecular weight is 275 g/mol. The van der Waals surface area contributed by atoms with E-state index in [9.17, 15) is 13.2 Å². The molecule has 1 fully saturated rings. The molecule has 92 valence electrons. The molecule has 0 bridgehead atoms. The van der Waals surface area contributed by atoms with Gasteiger partial charge >= 0.3 is 5.97 Å². The minimum absolute atomic E-state index is 0.0517. The van der Waals surface area contributed by atoms with E-state index >= 15 is 0 Å². The Balaban J connectivity index is 2.13. The second kappa shape index (κ2) is 4.31. The van der Waals surface area contributed by atoms with Gasteiger partial charge in [-0.1, -0.05) is 12.1 Å². The Morgan fingerprint density at radius 1 is 1.35 bits per heavy atom. The van der Waals surface area contributed by atoms with Gasteiger partial charge in [0.1, 0.15) is 0 Å². The lowest BCUT2D eigenvalue weighted by molar-refractivity contribution is 0.0600. The molecule has 0 heterocycles. The van der Waals surface area contributed by atoms with Crippen LogP contribution in [0.3, 0.4) is 0 Å². The zero-order chi connectivity index (χ0) is 12.6. The highest BCUT2D eigenvalue weighted by Crippen LogP contribution is 2.47. The summed E-state index contributed by atoms with van der Waals surface area (Å²) >= 11 is 0. The van der Waals surface area contributed by atoms with Crippen LogP contribution in [0.25, 0.3) is 0 Å². The monoisotopic (exact) mass is 274 g/mol. The molecule has 1 saturated carbocycles. The Hall–Kier alpha value is -1.07. The third-order valence-electron chi connectivity index (χ3n) is 2.85. The summed E-state index contributed by atoms with van der Waals surface area (Å²) in [5.41, 5.74) is 1.33. The van der Waals surface area contributed by atoms with E-state index in [4.69, 9.17) is 10.7 Å². The first-order valence-electron chi connectivity index (χ1n) is 5.05. The first-order valence-corrected chi connectivity index (χ1v) is 7.42. The van der Waals surface area contributed by atoms with Crippen molar-refractivity contribution in [2.45, 2.75) is 17.6 Å². The number of carbonyl (C=O) groups is 1. The van der Waals surface area contributed by atoms with E-state index in [1.54, 1.807) is 24.3 Å². The van der Waals surface area contributed by atoms with Crippen molar-refractivity contribution in [1.82, 2.24) is 0 Å². The molecular formula is C11H11ClO4S. The van der Waals surface area contributed by atoms with E-state index in [0.29, 0.717) is 12.0 Å². The lowest BCUT2D eigenvalue weighted by Gasteiger charge is -2.01. The first-order chi connectivity index (χ1) is 7.93. The molecule has 0 saturated heterocycles. The Morgan fingerprint density at radius 3 is 2.35 bits per heavy atom. The number of halogens is 1. The van der Waals surface area contributed by atoms with Crippen LogP contribution in [0.4, 0.5) is 0 Å². The Bertz CT molecular complexity index is 535. The summed E-state index contributed by atoms with van der Waals surface area (Å²) in [6.45, 7) is 0. The van der Waals surface area contributed by atoms with Gasteiger partial charge in [0.05, 0.1) is 17.9 Å². The quantitative estimate of drug-likeness (QED) is 0.624. The van der Waals surface area contributed by atoms with Crippen molar-refractivity contribution in [1.29, 1.82) is 0 Å². The van der Waals surface area contributed by atoms with Gasteiger partial charge in [-0.05, 0) is 24.1 Å². The molecule has 2 unspecified atom stereocenters. The number of esters is 1. The molecule has 2 atom stereocenters. The molecule has 1 aliphatic rings. The van der Waals surface area contributed by atoms with Crippen LogP contribution in [0, 0.1) is 0 Å². The molecule has 0 spiro atoms. The van der Waals surface area contributed by atoms with Crippen LogP contribution in [0.5, 0.6) is 0 Å². The summed E-state index contributed by atoms with van der Waals surface area (Å²) in [6, 6.07) is 6.72. The van der Waals surface area contributed by atoms with E-state index in [1.165, 1.54) is 7.11 Å². The summed E-state index contributed by atoms with van der Waals surface area (Å²) in [7, 11) is 3.11. The normalized spacial score (nSPS) is 23.2. The maximum absolute atomic E-state index is 11.2. The standard InChI is InChI=1S/C11H11ClO4S/c1-16-11(13)8-4-2-7(3-5-8)9-6-10(9)17(12,14)15/h2-5,9-10H,6H2,1H3. The number of hydrogen-bond donors (Lipinski definition) is 0. The second-order valence-electron chi connectivity index (χ2n) is 3.97. The summed E-state index contributed by atoms with van der Waals surface area (Å²) in [6.07, 6.45) is 0.545. The summed E-state index contributed by atoms with van der Waals surface area (Å²) in [4.78, 5) is 11.2. The maximum Gasteiger partial charge on any atom is 0.337 e. The van der Waals surface area contributed by atoms with Gasteiger partial charge in [-0.15, -0.1) is 0 Å². The molecule has 0 amide bonds. The molecular weight excluding hydrogens is 264 g/mol. The molecule has 4 nitrogen and oxygen atoms in total. The number of hydrogen-bond acceptors (Lipinski definition) is 4. The van der Waals surface area contributed by atoms with Crippen LogP contribution in [0.1, 0.15) is 28.3 Å². The number of benzene rings is 1. The topological polar surface area (TPSA) is 60.4 Å². The summed E-state index contributed by atoms with van der Waals surface area (Å²) < 4.78 is 26.8. The van der Waals surface area contributed by atoms with Crippen LogP contribution in [0.15, 0.2) is 24.3 Å². The number of methoxy groups -OCH3 is 1. The smallest absolute Gasteiger partial charge is 0.337 e. The van der Waals surface area contributed by atoms with Gasteiger partial charge in [-0.25, -0.2) is 13.2 Å². The Morgan fingerprint density at radius 2 is 1.94 bits per heavy atom. The van der Waals surface area contributed by atoms with Gasteiger partial charge in [-0.3, -0.25) is 0 Å². The summed E-state index contributed by atoms with van der Waals surface area (Å²) in [5, 5.41) is -0.492. The minimum Gasteiger partial charge on any atom is -0.465 e. The maximum atomic E-state index is 11.2. The number of ether oxygens (including phenoxy) is 1. The first kappa shape index (κ1) is 12.4. The molecule has 0 aliphatic heterocycles. The van der Waals surface area contributed by atoms with Crippen LogP contribution < -0.4 is 0 Å². The zero-order valence-corrected chi connectivity index (χ0v) is 10.7. The molecule has 6 heteroatoms. The van der Waals surface area contributed by atoms with Crippen LogP contribution >= 0.6 is 10.7 Å². The van der Waals surface area contributed by atoms with Crippen LogP contribution in [0.2, 0.25) is 0 Å². The van der Waals surface area contributed by atoms with Crippen molar-refractivity contribution in [3.63, 3.8) is 0 Å². The lowest BCUT2D eigenvalue weighted by atomic mass is 10.1. The van der Waals surface area contributed by atoms with Gasteiger partial charge in [0.2, 0.25) is 9.05 Å². The highest BCUT2D eigenvalue weighted by atomic mass is 35.7. The van der Waals surface area contributed by atoms with Crippen molar-refractivity contribution in [2.75, 3.05) is 7.11 Å². The highest BCUT2D eigenvalue weighted by Gasteiger charge is 2.47. The third-order valence-corrected chi connectivity index (χ3v) is 4.78. The predicted molar refractivity (Wildman–Crippen MR) is 63.7 cm³/mol. The van der Waals surface area contributed by atoms with Gasteiger partial charge in [0.25, 0.3) is 0 Å². The fraction of sp³-hybridized carbons (Fsp3) is 0.364. The predicted octanol–water partition coefficient (Wildman–Crippen LogP) is 1.90. The average Bonchev–Trinajstić information content (AvgIpc) is 3.08. The van der Waals surface area contributed by atoms with Crippen molar-refractivity contribution in [3.05, 3.63) is 35.4 Å². The van der Waals surface area contributed by atoms with Crippen molar-refractivity contribution in [2.24, 2.45) is 0 Å².